The van der Waals surface area contributed by atoms with Crippen molar-refractivity contribution in [3.63, 3.8) is 0 Å². The zero-order valence-corrected chi connectivity index (χ0v) is 12.0. The van der Waals surface area contributed by atoms with Crippen molar-refractivity contribution >= 4 is 28.3 Å². The lowest BCUT2D eigenvalue weighted by atomic mass is 10.1. The van der Waals surface area contributed by atoms with E-state index in [1.54, 1.807) is 0 Å². The lowest BCUT2D eigenvalue weighted by Crippen LogP contribution is -1.95. The van der Waals surface area contributed by atoms with Gasteiger partial charge in [0, 0.05) is 23.4 Å². The Morgan fingerprint density at radius 2 is 1.88 bits per heavy atom. The number of rotatable bonds is 5. The predicted octanol–water partition coefficient (Wildman–Crippen LogP) is 4.09. The van der Waals surface area contributed by atoms with Gasteiger partial charge in [-0.15, -0.1) is 12.4 Å². The monoisotopic (exact) mass is 314 g/mol. The molecule has 0 amide bonds. The number of nitrogens with zero attached hydrogens (tertiary/aromatic N) is 2. The largest absolute Gasteiger partial charge is 0.337 e. The van der Waals surface area contributed by atoms with Crippen LogP contribution in [0.2, 0.25) is 0 Å². The number of hydrogen-bond acceptors (Lipinski definition) is 1. The second kappa shape index (κ2) is 7.51. The molecule has 1 heterocycles. The standard InChI is InChI=1S/C13H15BrN2.ClH/c14-13-6-4-12(5-7-13)3-1-2-9-16-10-8-15-11-16;/h4-8,10-11H,1-3,9H2;1H. The molecule has 4 heteroatoms. The molecule has 0 saturated carbocycles. The Bertz CT molecular complexity index is 411. The van der Waals surface area contributed by atoms with Crippen LogP contribution < -0.4 is 0 Å². The molecule has 2 rings (SSSR count). The molecule has 1 aromatic heterocycles. The molecule has 0 bridgehead atoms. The van der Waals surface area contributed by atoms with Crippen LogP contribution in [0, 0.1) is 0 Å². The summed E-state index contributed by atoms with van der Waals surface area (Å²) in [5.41, 5.74) is 1.41. The average molecular weight is 316 g/mol. The third-order valence-electron chi connectivity index (χ3n) is 2.60. The van der Waals surface area contributed by atoms with Gasteiger partial charge in [-0.1, -0.05) is 28.1 Å². The predicted molar refractivity (Wildman–Crippen MR) is 76.6 cm³/mol. The van der Waals surface area contributed by atoms with Crippen LogP contribution >= 0.6 is 28.3 Å². The highest BCUT2D eigenvalue weighted by Gasteiger charge is 1.94. The van der Waals surface area contributed by atoms with E-state index in [-0.39, 0.29) is 12.4 Å². The molecule has 0 fully saturated rings. The number of aryl methyl sites for hydroxylation is 2. The van der Waals surface area contributed by atoms with Gasteiger partial charge in [0.15, 0.2) is 0 Å². The van der Waals surface area contributed by atoms with Crippen molar-refractivity contribution in [2.75, 3.05) is 0 Å². The summed E-state index contributed by atoms with van der Waals surface area (Å²) in [6.45, 7) is 1.07. The molecule has 0 saturated heterocycles. The van der Waals surface area contributed by atoms with Crippen LogP contribution in [0.4, 0.5) is 0 Å². The number of aromatic nitrogens is 2. The molecular weight excluding hydrogens is 300 g/mol. The molecule has 2 aromatic rings. The number of benzene rings is 1. The van der Waals surface area contributed by atoms with Crippen molar-refractivity contribution in [1.82, 2.24) is 9.55 Å². The van der Waals surface area contributed by atoms with Gasteiger partial charge in [0.05, 0.1) is 6.33 Å². The van der Waals surface area contributed by atoms with E-state index in [0.717, 1.165) is 17.4 Å². The van der Waals surface area contributed by atoms with Crippen molar-refractivity contribution in [3.05, 3.63) is 53.0 Å². The Morgan fingerprint density at radius 1 is 1.12 bits per heavy atom. The average Bonchev–Trinajstić information content (AvgIpc) is 2.80. The summed E-state index contributed by atoms with van der Waals surface area (Å²) in [7, 11) is 0. The van der Waals surface area contributed by atoms with Crippen molar-refractivity contribution in [3.8, 4) is 0 Å². The third kappa shape index (κ3) is 4.92. The maximum Gasteiger partial charge on any atom is 0.0945 e. The first-order chi connectivity index (χ1) is 7.84. The van der Waals surface area contributed by atoms with Gasteiger partial charge < -0.3 is 4.57 Å². The van der Waals surface area contributed by atoms with Crippen LogP contribution in [0.5, 0.6) is 0 Å². The summed E-state index contributed by atoms with van der Waals surface area (Å²) >= 11 is 3.44. The Labute approximate surface area is 117 Å². The lowest BCUT2D eigenvalue weighted by Gasteiger charge is -2.03. The van der Waals surface area contributed by atoms with Gasteiger partial charge in [-0.3, -0.25) is 0 Å². The fraction of sp³-hybridized carbons (Fsp3) is 0.308. The van der Waals surface area contributed by atoms with Crippen LogP contribution in [0.1, 0.15) is 18.4 Å². The van der Waals surface area contributed by atoms with Gasteiger partial charge >= 0.3 is 0 Å². The van der Waals surface area contributed by atoms with Gasteiger partial charge in [0.25, 0.3) is 0 Å². The van der Waals surface area contributed by atoms with Gasteiger partial charge in [-0.25, -0.2) is 4.98 Å². The van der Waals surface area contributed by atoms with Crippen LogP contribution in [0.15, 0.2) is 47.5 Å². The first kappa shape index (κ1) is 14.3. The normalized spacial score (nSPS) is 9.94. The summed E-state index contributed by atoms with van der Waals surface area (Å²) in [6, 6.07) is 8.57. The summed E-state index contributed by atoms with van der Waals surface area (Å²) in [5.74, 6) is 0. The molecule has 0 aliphatic carbocycles. The molecule has 1 aromatic carbocycles. The Balaban J connectivity index is 0.00000144. The van der Waals surface area contributed by atoms with Crippen molar-refractivity contribution in [2.24, 2.45) is 0 Å². The van der Waals surface area contributed by atoms with E-state index in [4.69, 9.17) is 0 Å². The maximum atomic E-state index is 4.03. The Morgan fingerprint density at radius 3 is 2.53 bits per heavy atom. The highest BCUT2D eigenvalue weighted by molar-refractivity contribution is 9.10. The molecule has 2 nitrogen and oxygen atoms in total. The molecule has 92 valence electrons. The minimum Gasteiger partial charge on any atom is -0.337 e. The Kier molecular flexibility index (Phi) is 6.30. The topological polar surface area (TPSA) is 17.8 Å². The summed E-state index contributed by atoms with van der Waals surface area (Å²) in [5, 5.41) is 0. The third-order valence-corrected chi connectivity index (χ3v) is 3.13. The Hall–Kier alpha value is -0.800. The van der Waals surface area contributed by atoms with Gasteiger partial charge in [-0.05, 0) is 37.0 Å². The SMILES string of the molecule is Brc1ccc(CCCCn2ccnc2)cc1.Cl. The van der Waals surface area contributed by atoms with E-state index in [1.165, 1.54) is 18.4 Å². The van der Waals surface area contributed by atoms with E-state index in [2.05, 4.69) is 49.7 Å². The molecular formula is C13H16BrClN2. The quantitative estimate of drug-likeness (QED) is 0.760. The van der Waals surface area contributed by atoms with E-state index >= 15 is 0 Å². The number of halogens is 2. The van der Waals surface area contributed by atoms with E-state index in [0.29, 0.717) is 0 Å². The fourth-order valence-corrected chi connectivity index (χ4v) is 1.96. The second-order valence-corrected chi connectivity index (χ2v) is 4.80. The molecule has 0 aliphatic rings. The number of hydrogen-bond donors (Lipinski definition) is 0. The molecule has 17 heavy (non-hydrogen) atoms. The van der Waals surface area contributed by atoms with Crippen molar-refractivity contribution < 1.29 is 0 Å². The van der Waals surface area contributed by atoms with Crippen molar-refractivity contribution in [1.29, 1.82) is 0 Å². The van der Waals surface area contributed by atoms with E-state index in [9.17, 15) is 0 Å². The molecule has 0 radical (unpaired) electrons. The second-order valence-electron chi connectivity index (χ2n) is 3.88. The van der Waals surface area contributed by atoms with E-state index in [1.807, 2.05) is 18.7 Å². The highest BCUT2D eigenvalue weighted by Crippen LogP contribution is 2.12. The van der Waals surface area contributed by atoms with Gasteiger partial charge in [0.1, 0.15) is 0 Å². The highest BCUT2D eigenvalue weighted by atomic mass is 79.9. The molecule has 0 atom stereocenters. The zero-order chi connectivity index (χ0) is 11.2. The summed E-state index contributed by atoms with van der Waals surface area (Å²) in [6.07, 6.45) is 9.29. The first-order valence-corrected chi connectivity index (χ1v) is 6.34. The van der Waals surface area contributed by atoms with Crippen LogP contribution in [-0.2, 0) is 13.0 Å². The van der Waals surface area contributed by atoms with E-state index < -0.39 is 0 Å². The van der Waals surface area contributed by atoms with Gasteiger partial charge in [-0.2, -0.15) is 0 Å². The van der Waals surface area contributed by atoms with Crippen LogP contribution in [0.3, 0.4) is 0 Å². The first-order valence-electron chi connectivity index (χ1n) is 5.55. The number of imidazole rings is 1. The van der Waals surface area contributed by atoms with Crippen molar-refractivity contribution in [2.45, 2.75) is 25.8 Å². The fourth-order valence-electron chi connectivity index (χ4n) is 1.69. The maximum absolute atomic E-state index is 4.03. The minimum absolute atomic E-state index is 0. The van der Waals surface area contributed by atoms with Crippen LogP contribution in [-0.4, -0.2) is 9.55 Å². The zero-order valence-electron chi connectivity index (χ0n) is 9.55. The minimum atomic E-state index is 0. The molecule has 0 unspecified atom stereocenters. The summed E-state index contributed by atoms with van der Waals surface area (Å²) in [4.78, 5) is 4.03. The number of unbranched alkanes of at least 4 members (excludes halogenated alkanes) is 1. The lowest BCUT2D eigenvalue weighted by molar-refractivity contribution is 0.609. The molecule has 0 aliphatic heterocycles. The smallest absolute Gasteiger partial charge is 0.0945 e. The molecule has 0 N–H and O–H groups in total. The molecule has 0 spiro atoms. The summed E-state index contributed by atoms with van der Waals surface area (Å²) < 4.78 is 3.27. The van der Waals surface area contributed by atoms with Crippen LogP contribution in [0.25, 0.3) is 0 Å². The van der Waals surface area contributed by atoms with Gasteiger partial charge in [0.2, 0.25) is 0 Å².